The van der Waals surface area contributed by atoms with Gasteiger partial charge in [-0.15, -0.1) is 13.2 Å². The Balaban J connectivity index is 2.67. The van der Waals surface area contributed by atoms with Gasteiger partial charge in [0, 0.05) is 52.6 Å². The predicted molar refractivity (Wildman–Crippen MR) is 408 cm³/mol. The van der Waals surface area contributed by atoms with Crippen LogP contribution in [0.4, 0.5) is 9.59 Å². The van der Waals surface area contributed by atoms with Gasteiger partial charge in [-0.2, -0.15) is 0 Å². The topological polar surface area (TPSA) is 218 Å². The Hall–Kier alpha value is -3.46. The first kappa shape index (κ1) is 94.6. The maximum atomic E-state index is 14.8. The van der Waals surface area contributed by atoms with Gasteiger partial charge in [0.1, 0.15) is 55.9 Å². The van der Waals surface area contributed by atoms with Crippen molar-refractivity contribution in [2.45, 2.75) is 371 Å². The van der Waals surface area contributed by atoms with Crippen LogP contribution < -0.4 is 0 Å². The quantitative estimate of drug-likeness (QED) is 0.0197. The predicted octanol–water partition coefficient (Wildman–Crippen LogP) is 20.6. The standard InChI is InChI=1S/C82H147O19P/c1-11-19-23-27-30-33-35-36-37-38-39-41-44-48-52-56-72(83)99-78-76(91-62-57-68(89-10)54-50-46-26-22-14-4)74(101-102(87,64-17-7)65-18-8)70(66-88-9)98-80(78)95-67-71-73(100-82(86)94-60-16-6)75(90-61-53-49-45-42-34-31-28-24-20-12-2)77(79(84)97-71)92-63-58-69(96-81(85)93-59-15-5)55-51-47-43-40-32-29-25-21-13-3/h15-18,33,35,68-71,73-80,84H,5-8,11-14,19-32,34,36-67H2,1-4,9-10H3/b35-33-/t68-,69-,70-,71-,73-,74-,75+,76+,77-,78-,79?,80-/m1/s1. The van der Waals surface area contributed by atoms with Crippen LogP contribution in [-0.4, -0.2) is 170 Å². The normalized spacial score (nSPS) is 21.3. The van der Waals surface area contributed by atoms with Crippen LogP contribution in [-0.2, 0) is 75.5 Å². The number of aliphatic hydroxyl groups is 1. The van der Waals surface area contributed by atoms with Gasteiger partial charge in [0.25, 0.3) is 0 Å². The van der Waals surface area contributed by atoms with E-state index < -0.39 is 99.8 Å². The Labute approximate surface area is 619 Å². The average molecular weight is 1470 g/mol. The minimum atomic E-state index is -3.58. The van der Waals surface area contributed by atoms with E-state index in [1.165, 1.54) is 109 Å². The Bertz CT molecular complexity index is 2130. The fourth-order valence-electron chi connectivity index (χ4n) is 13.2. The number of carbonyl (C=O) groups is 3. The minimum absolute atomic E-state index is 0.00983. The molecule has 2 fully saturated rings. The third-order valence-corrected chi connectivity index (χ3v) is 21.3. The summed E-state index contributed by atoms with van der Waals surface area (Å²) in [6, 6.07) is 0. The van der Waals surface area contributed by atoms with Gasteiger partial charge in [-0.25, -0.2) is 9.59 Å². The van der Waals surface area contributed by atoms with Gasteiger partial charge in [-0.1, -0.05) is 270 Å². The third-order valence-electron chi connectivity index (χ3n) is 19.0. The number of allylic oxidation sites excluding steroid dienone is 4. The zero-order chi connectivity index (χ0) is 74.4. The number of rotatable bonds is 70. The number of unbranched alkanes of at least 4 members (excludes halogenated alkanes) is 32. The van der Waals surface area contributed by atoms with Crippen molar-refractivity contribution in [3.63, 3.8) is 0 Å². The molecule has 2 aliphatic rings. The molecule has 0 aromatic rings. The molecule has 102 heavy (non-hydrogen) atoms. The van der Waals surface area contributed by atoms with Crippen LogP contribution in [0, 0.1) is 0 Å². The van der Waals surface area contributed by atoms with Gasteiger partial charge in [0.2, 0.25) is 7.37 Å². The fourth-order valence-corrected chi connectivity index (χ4v) is 15.0. The Morgan fingerprint density at radius 3 is 1.40 bits per heavy atom. The van der Waals surface area contributed by atoms with Crippen molar-refractivity contribution in [2.75, 3.05) is 72.8 Å². The monoisotopic (exact) mass is 1470 g/mol. The fraction of sp³-hybridized carbons (Fsp3) is 0.841. The minimum Gasteiger partial charge on any atom is -0.454 e. The molecule has 594 valence electrons. The molecule has 1 unspecified atom stereocenters. The second-order valence-electron chi connectivity index (χ2n) is 28.0. The van der Waals surface area contributed by atoms with E-state index in [4.69, 9.17) is 66.1 Å². The number of hydrogen-bond donors (Lipinski definition) is 1. The SMILES string of the molecule is C=CCOC(=O)O[C@H](CCCCCCCCCCC)CCO[C@H]1C(O)O[C@H](CO[C@@H]2O[C@H](COC)[C@@H](OP(=O)(CC=C)CC=C)[C@H](OCC[C@@H](CCCCCCC)OC)[C@H]2OC(=O)CCCCCCCCC/C=C\CCCCCC)[C@@H](OC(=O)OCC=C)[C@@H]1OCCCCCCCCCCCC. The number of methoxy groups -OCH3 is 2. The van der Waals surface area contributed by atoms with Crippen LogP contribution in [0.25, 0.3) is 0 Å². The molecule has 0 bridgehead atoms. The van der Waals surface area contributed by atoms with Crippen molar-refractivity contribution in [1.29, 1.82) is 0 Å². The van der Waals surface area contributed by atoms with Crippen LogP contribution in [0.5, 0.6) is 0 Å². The molecular formula is C82H147O19P. The van der Waals surface area contributed by atoms with Gasteiger partial charge in [-0.3, -0.25) is 9.36 Å². The van der Waals surface area contributed by atoms with Gasteiger partial charge in [0.15, 0.2) is 24.8 Å². The van der Waals surface area contributed by atoms with Gasteiger partial charge in [0.05, 0.1) is 25.9 Å². The molecule has 0 aliphatic carbocycles. The average Bonchev–Trinajstić information content (AvgIpc) is 0.781. The highest BCUT2D eigenvalue weighted by molar-refractivity contribution is 7.59. The highest BCUT2D eigenvalue weighted by Crippen LogP contribution is 2.51. The molecule has 0 radical (unpaired) electrons. The maximum Gasteiger partial charge on any atom is 0.509 e. The lowest BCUT2D eigenvalue weighted by Crippen LogP contribution is -2.64. The van der Waals surface area contributed by atoms with E-state index in [9.17, 15) is 24.1 Å². The van der Waals surface area contributed by atoms with Crippen LogP contribution in [0.1, 0.15) is 297 Å². The first-order valence-electron chi connectivity index (χ1n) is 40.5. The molecule has 2 rings (SSSR count). The molecule has 0 amide bonds. The van der Waals surface area contributed by atoms with Crippen LogP contribution in [0.3, 0.4) is 0 Å². The lowest BCUT2D eigenvalue weighted by Gasteiger charge is -2.47. The lowest BCUT2D eigenvalue weighted by molar-refractivity contribution is -0.334. The summed E-state index contributed by atoms with van der Waals surface area (Å²) < 4.78 is 103. The van der Waals surface area contributed by atoms with Crippen molar-refractivity contribution in [3.05, 3.63) is 62.8 Å². The highest BCUT2D eigenvalue weighted by atomic mass is 31.2. The van der Waals surface area contributed by atoms with E-state index >= 15 is 0 Å². The molecule has 2 aliphatic heterocycles. The van der Waals surface area contributed by atoms with Crippen LogP contribution in [0.15, 0.2) is 62.8 Å². The van der Waals surface area contributed by atoms with E-state index in [0.29, 0.717) is 25.7 Å². The highest BCUT2D eigenvalue weighted by Gasteiger charge is 2.54. The van der Waals surface area contributed by atoms with Crippen molar-refractivity contribution in [1.82, 2.24) is 0 Å². The van der Waals surface area contributed by atoms with Crippen molar-refractivity contribution in [2.24, 2.45) is 0 Å². The number of carbonyl (C=O) groups excluding carboxylic acids is 3. The molecule has 1 N–H and O–H groups in total. The molecular weight excluding hydrogens is 1320 g/mol. The largest absolute Gasteiger partial charge is 0.509 e. The zero-order valence-electron chi connectivity index (χ0n) is 65.0. The summed E-state index contributed by atoms with van der Waals surface area (Å²) in [5.41, 5.74) is 0. The first-order chi connectivity index (χ1) is 49.8. The zero-order valence-corrected chi connectivity index (χ0v) is 65.9. The van der Waals surface area contributed by atoms with Gasteiger partial charge < -0.3 is 71.2 Å². The number of esters is 1. The molecule has 20 heteroatoms. The summed E-state index contributed by atoms with van der Waals surface area (Å²) in [5.74, 6) is -0.524. The van der Waals surface area contributed by atoms with E-state index in [1.54, 1.807) is 19.3 Å². The first-order valence-corrected chi connectivity index (χ1v) is 42.5. The second-order valence-corrected chi connectivity index (χ2v) is 30.5. The lowest BCUT2D eigenvalue weighted by atomic mass is 9.97. The maximum absolute atomic E-state index is 14.8. The number of aliphatic hydroxyl groups excluding tert-OH is 1. The molecule has 12 atom stereocenters. The van der Waals surface area contributed by atoms with Crippen molar-refractivity contribution >= 4 is 25.6 Å². The third kappa shape index (κ3) is 45.3. The Morgan fingerprint density at radius 2 is 0.882 bits per heavy atom. The van der Waals surface area contributed by atoms with E-state index in [1.807, 2.05) is 0 Å². The molecule has 0 aromatic carbocycles. The molecule has 0 aromatic heterocycles. The summed E-state index contributed by atoms with van der Waals surface area (Å²) in [4.78, 5) is 41.2. The Kier molecular flexibility index (Phi) is 60.0. The van der Waals surface area contributed by atoms with Crippen LogP contribution in [0.2, 0.25) is 0 Å². The molecule has 0 saturated carbocycles. The molecule has 0 spiro atoms. The molecule has 19 nitrogen and oxygen atoms in total. The second kappa shape index (κ2) is 64.7. The summed E-state index contributed by atoms with van der Waals surface area (Å²) >= 11 is 0. The number of hydrogen-bond acceptors (Lipinski definition) is 19. The van der Waals surface area contributed by atoms with Crippen LogP contribution >= 0.6 is 7.37 Å². The van der Waals surface area contributed by atoms with Gasteiger partial charge >= 0.3 is 18.3 Å². The summed E-state index contributed by atoms with van der Waals surface area (Å²) in [7, 11) is -0.379. The van der Waals surface area contributed by atoms with E-state index in [0.717, 1.165) is 141 Å². The molecule has 2 saturated heterocycles. The number of ether oxygens (including phenoxy) is 13. The molecule has 2 heterocycles. The van der Waals surface area contributed by atoms with Gasteiger partial charge in [-0.05, 0) is 64.2 Å². The van der Waals surface area contributed by atoms with E-state index in [-0.39, 0.29) is 70.9 Å². The smallest absolute Gasteiger partial charge is 0.454 e. The Morgan fingerprint density at radius 1 is 0.441 bits per heavy atom. The summed E-state index contributed by atoms with van der Waals surface area (Å²) in [6.45, 7) is 23.7. The van der Waals surface area contributed by atoms with E-state index in [2.05, 4.69) is 66.2 Å². The van der Waals surface area contributed by atoms with Crippen molar-refractivity contribution in [3.8, 4) is 0 Å². The summed E-state index contributed by atoms with van der Waals surface area (Å²) in [5, 5.41) is 12.3. The van der Waals surface area contributed by atoms with Crippen molar-refractivity contribution < 1.29 is 90.2 Å². The summed E-state index contributed by atoms with van der Waals surface area (Å²) in [6.07, 6.45) is 38.1.